The second-order valence-corrected chi connectivity index (χ2v) is 7.69. The summed E-state index contributed by atoms with van der Waals surface area (Å²) in [6.45, 7) is 0.234. The molecule has 0 unspecified atom stereocenters. The quantitative estimate of drug-likeness (QED) is 0.397. The van der Waals surface area contributed by atoms with Gasteiger partial charge in [-0.3, -0.25) is 0 Å². The molecule has 3 aromatic rings. The lowest BCUT2D eigenvalue weighted by Gasteiger charge is -2.17. The summed E-state index contributed by atoms with van der Waals surface area (Å²) >= 11 is 0. The fraction of sp³-hybridized carbons (Fsp3) is 0.231. The second kappa shape index (κ2) is 9.48. The molecule has 1 aliphatic rings. The Morgan fingerprint density at radius 3 is 2.45 bits per heavy atom. The molecule has 0 fully saturated rings. The number of halogens is 3. The molecule has 0 saturated carbocycles. The number of carbonyl (C=O) groups excluding carboxylic acids is 1. The van der Waals surface area contributed by atoms with Gasteiger partial charge in [0.05, 0.1) is 18.4 Å². The van der Waals surface area contributed by atoms with Crippen molar-refractivity contribution in [3.05, 3.63) is 94.8 Å². The normalized spacial score (nSPS) is 13.8. The van der Waals surface area contributed by atoms with Crippen molar-refractivity contribution in [2.75, 3.05) is 7.11 Å². The number of methoxy groups -OCH3 is 1. The van der Waals surface area contributed by atoms with Gasteiger partial charge in [0.15, 0.2) is 0 Å². The molecule has 7 heteroatoms. The third-order valence-electron chi connectivity index (χ3n) is 5.54. The summed E-state index contributed by atoms with van der Waals surface area (Å²) in [7, 11) is 1.27. The standard InChI is InChI=1S/C26H22F3NO3/c1-32-25(31)23-12-6-11-22(30-23)20-10-5-9-19(20)21-15-18(26(27,28)29)13-14-24(21)33-16-17-7-3-2-4-8-17/h2-4,6-8,11-15H,5,9-10,16H2,1H3. The fourth-order valence-electron chi connectivity index (χ4n) is 3.95. The Bertz CT molecular complexity index is 1190. The molecule has 1 heterocycles. The molecular weight excluding hydrogens is 431 g/mol. The van der Waals surface area contributed by atoms with E-state index in [-0.39, 0.29) is 12.3 Å². The van der Waals surface area contributed by atoms with E-state index in [9.17, 15) is 18.0 Å². The van der Waals surface area contributed by atoms with Crippen LogP contribution in [0.15, 0.2) is 66.7 Å². The highest BCUT2D eigenvalue weighted by molar-refractivity contribution is 5.94. The first-order chi connectivity index (χ1) is 15.9. The summed E-state index contributed by atoms with van der Waals surface area (Å²) in [4.78, 5) is 16.3. The maximum atomic E-state index is 13.5. The van der Waals surface area contributed by atoms with E-state index >= 15 is 0 Å². The monoisotopic (exact) mass is 453 g/mol. The lowest BCUT2D eigenvalue weighted by atomic mass is 9.97. The highest BCUT2D eigenvalue weighted by atomic mass is 19.4. The number of esters is 1. The van der Waals surface area contributed by atoms with Crippen LogP contribution in [0.1, 0.15) is 52.1 Å². The molecule has 4 rings (SSSR count). The summed E-state index contributed by atoms with van der Waals surface area (Å²) in [6, 6.07) is 18.0. The van der Waals surface area contributed by atoms with E-state index in [1.165, 1.54) is 13.2 Å². The first kappa shape index (κ1) is 22.6. The van der Waals surface area contributed by atoms with Gasteiger partial charge in [0.25, 0.3) is 0 Å². The van der Waals surface area contributed by atoms with Gasteiger partial charge in [0, 0.05) is 5.56 Å². The molecule has 2 aromatic carbocycles. The van der Waals surface area contributed by atoms with Gasteiger partial charge < -0.3 is 9.47 Å². The van der Waals surface area contributed by atoms with Crippen LogP contribution in [0.3, 0.4) is 0 Å². The minimum atomic E-state index is -4.48. The van der Waals surface area contributed by atoms with Crippen LogP contribution in [0.2, 0.25) is 0 Å². The Labute approximate surface area is 189 Å². The van der Waals surface area contributed by atoms with Gasteiger partial charge in [-0.1, -0.05) is 36.4 Å². The number of hydrogen-bond acceptors (Lipinski definition) is 4. The van der Waals surface area contributed by atoms with Crippen LogP contribution in [-0.4, -0.2) is 18.1 Å². The minimum absolute atomic E-state index is 0.151. The number of hydrogen-bond donors (Lipinski definition) is 0. The molecule has 0 bridgehead atoms. The Kier molecular flexibility index (Phi) is 6.49. The fourth-order valence-corrected chi connectivity index (χ4v) is 3.95. The Balaban J connectivity index is 1.78. The highest BCUT2D eigenvalue weighted by Crippen LogP contribution is 2.44. The number of allylic oxidation sites excluding steroid dienone is 2. The van der Waals surface area contributed by atoms with Crippen LogP contribution in [-0.2, 0) is 17.5 Å². The maximum absolute atomic E-state index is 13.5. The van der Waals surface area contributed by atoms with Crippen LogP contribution >= 0.6 is 0 Å². The Morgan fingerprint density at radius 1 is 0.970 bits per heavy atom. The summed E-state index contributed by atoms with van der Waals surface area (Å²) in [6.07, 6.45) is -2.48. The lowest BCUT2D eigenvalue weighted by Crippen LogP contribution is -2.07. The van der Waals surface area contributed by atoms with E-state index in [1.807, 2.05) is 30.3 Å². The molecule has 0 amide bonds. The van der Waals surface area contributed by atoms with Gasteiger partial charge >= 0.3 is 12.1 Å². The smallest absolute Gasteiger partial charge is 0.416 e. The van der Waals surface area contributed by atoms with Gasteiger partial charge in [0.2, 0.25) is 0 Å². The van der Waals surface area contributed by atoms with E-state index in [1.54, 1.807) is 18.2 Å². The van der Waals surface area contributed by atoms with Crippen molar-refractivity contribution >= 4 is 17.1 Å². The number of carbonyl (C=O) groups is 1. The van der Waals surface area contributed by atoms with Crippen molar-refractivity contribution in [3.8, 4) is 5.75 Å². The van der Waals surface area contributed by atoms with Gasteiger partial charge in [-0.25, -0.2) is 9.78 Å². The number of aromatic nitrogens is 1. The topological polar surface area (TPSA) is 48.4 Å². The minimum Gasteiger partial charge on any atom is -0.488 e. The highest BCUT2D eigenvalue weighted by Gasteiger charge is 2.32. The third-order valence-corrected chi connectivity index (χ3v) is 5.54. The van der Waals surface area contributed by atoms with Crippen LogP contribution < -0.4 is 4.74 Å². The van der Waals surface area contributed by atoms with Crippen molar-refractivity contribution in [2.24, 2.45) is 0 Å². The number of rotatable bonds is 6. The summed E-state index contributed by atoms with van der Waals surface area (Å²) in [5, 5.41) is 0. The molecular formula is C26H22F3NO3. The van der Waals surface area contributed by atoms with Crippen LogP contribution in [0.4, 0.5) is 13.2 Å². The molecule has 0 saturated heterocycles. The zero-order valence-electron chi connectivity index (χ0n) is 18.0. The van der Waals surface area contributed by atoms with E-state index < -0.39 is 17.7 Å². The second-order valence-electron chi connectivity index (χ2n) is 7.69. The van der Waals surface area contributed by atoms with Crippen LogP contribution in [0.25, 0.3) is 11.1 Å². The van der Waals surface area contributed by atoms with E-state index in [4.69, 9.17) is 9.47 Å². The van der Waals surface area contributed by atoms with Crippen molar-refractivity contribution in [2.45, 2.75) is 32.0 Å². The lowest BCUT2D eigenvalue weighted by molar-refractivity contribution is -0.137. The van der Waals surface area contributed by atoms with Crippen LogP contribution in [0, 0.1) is 0 Å². The molecule has 170 valence electrons. The Morgan fingerprint density at radius 2 is 1.73 bits per heavy atom. The predicted octanol–water partition coefficient (Wildman–Crippen LogP) is 6.56. The molecule has 4 nitrogen and oxygen atoms in total. The van der Waals surface area contributed by atoms with Gasteiger partial charge in [-0.05, 0) is 66.3 Å². The van der Waals surface area contributed by atoms with E-state index in [0.29, 0.717) is 29.8 Å². The third kappa shape index (κ3) is 5.08. The largest absolute Gasteiger partial charge is 0.488 e. The number of pyridine rings is 1. The molecule has 1 aromatic heterocycles. The molecule has 0 radical (unpaired) electrons. The average Bonchev–Trinajstić information content (AvgIpc) is 3.32. The summed E-state index contributed by atoms with van der Waals surface area (Å²) in [5.41, 5.74) is 2.84. The van der Waals surface area contributed by atoms with Gasteiger partial charge in [-0.2, -0.15) is 13.2 Å². The van der Waals surface area contributed by atoms with Crippen molar-refractivity contribution in [1.82, 2.24) is 4.98 Å². The van der Waals surface area contributed by atoms with Gasteiger partial charge in [-0.15, -0.1) is 0 Å². The van der Waals surface area contributed by atoms with Gasteiger partial charge in [0.1, 0.15) is 18.1 Å². The zero-order chi connectivity index (χ0) is 23.4. The molecule has 33 heavy (non-hydrogen) atoms. The van der Waals surface area contributed by atoms with Crippen molar-refractivity contribution < 1.29 is 27.4 Å². The zero-order valence-corrected chi connectivity index (χ0v) is 18.0. The first-order valence-corrected chi connectivity index (χ1v) is 10.5. The number of alkyl halides is 3. The summed E-state index contributed by atoms with van der Waals surface area (Å²) < 4.78 is 51.3. The molecule has 0 aliphatic heterocycles. The van der Waals surface area contributed by atoms with E-state index in [0.717, 1.165) is 35.3 Å². The number of benzene rings is 2. The van der Waals surface area contributed by atoms with Crippen molar-refractivity contribution in [1.29, 1.82) is 0 Å². The number of nitrogens with zero attached hydrogens (tertiary/aromatic N) is 1. The maximum Gasteiger partial charge on any atom is 0.416 e. The predicted molar refractivity (Wildman–Crippen MR) is 118 cm³/mol. The van der Waals surface area contributed by atoms with E-state index in [2.05, 4.69) is 4.98 Å². The molecule has 0 spiro atoms. The SMILES string of the molecule is COC(=O)c1cccc(C2=C(c3cc(C(F)(F)F)ccc3OCc3ccccc3)CCC2)n1. The number of ether oxygens (including phenoxy) is 2. The molecule has 0 N–H and O–H groups in total. The van der Waals surface area contributed by atoms with Crippen LogP contribution in [0.5, 0.6) is 5.75 Å². The Hall–Kier alpha value is -3.61. The first-order valence-electron chi connectivity index (χ1n) is 10.5. The van der Waals surface area contributed by atoms with Crippen molar-refractivity contribution in [3.63, 3.8) is 0 Å². The summed E-state index contributed by atoms with van der Waals surface area (Å²) in [5.74, 6) is -0.187. The average molecular weight is 453 g/mol. The molecule has 1 aliphatic carbocycles. The molecule has 0 atom stereocenters.